The number of hydrogen-bond acceptors (Lipinski definition) is 13. The first-order valence-electron chi connectivity index (χ1n) is 7.31. The molecule has 0 heterocycles. The molecule has 0 aromatic heterocycles. The van der Waals surface area contributed by atoms with Crippen molar-refractivity contribution in [3.8, 4) is 0 Å². The summed E-state index contributed by atoms with van der Waals surface area (Å²) in [6, 6.07) is 0. The minimum atomic E-state index is -3.94. The average molecular weight is 405 g/mol. The van der Waals surface area contributed by atoms with Gasteiger partial charge in [0.15, 0.2) is 19.2 Å². The molecule has 13 nitrogen and oxygen atoms in total. The van der Waals surface area contributed by atoms with Gasteiger partial charge in [-0.25, -0.2) is 0 Å². The smallest absolute Gasteiger partial charge is 0.245 e. The molecule has 0 aromatic carbocycles. The fourth-order valence-electron chi connectivity index (χ4n) is 2.46. The first-order valence-corrected chi connectivity index (χ1v) is 8.56. The molecule has 26 heavy (non-hydrogen) atoms. The molecule has 1 aliphatic rings. The van der Waals surface area contributed by atoms with E-state index in [9.17, 15) is 55.3 Å². The number of carbonyl (C=O) groups is 1. The van der Waals surface area contributed by atoms with Crippen LogP contribution < -0.4 is 0 Å². The quantitative estimate of drug-likeness (QED) is 0.176. The second-order valence-electron chi connectivity index (χ2n) is 5.95. The van der Waals surface area contributed by atoms with Gasteiger partial charge in [0.1, 0.15) is 48.8 Å². The maximum absolute atomic E-state index is 12.3. The second kappa shape index (κ2) is 8.56. The van der Waals surface area contributed by atoms with E-state index in [2.05, 4.69) is 0 Å². The summed E-state index contributed by atoms with van der Waals surface area (Å²) in [4.78, 5) is 12.0. The van der Waals surface area contributed by atoms with Crippen molar-refractivity contribution in [2.45, 2.75) is 60.3 Å². The van der Waals surface area contributed by atoms with Gasteiger partial charge in [0.25, 0.3) is 0 Å². The molecule has 0 amide bonds. The Morgan fingerprint density at radius 2 is 1.31 bits per heavy atom. The van der Waals surface area contributed by atoms with Crippen molar-refractivity contribution < 1.29 is 65.5 Å². The molecule has 11 N–H and O–H groups in total. The maximum Gasteiger partial charge on any atom is 0.245 e. The Morgan fingerprint density at radius 1 is 0.885 bits per heavy atom. The first-order chi connectivity index (χ1) is 11.8. The van der Waals surface area contributed by atoms with Gasteiger partial charge in [0.2, 0.25) is 5.52 Å². The first kappa shape index (κ1) is 23.4. The molecule has 0 bridgehead atoms. The van der Waals surface area contributed by atoms with Crippen molar-refractivity contribution in [3.05, 3.63) is 0 Å². The minimum Gasteiger partial charge on any atom is -0.394 e. The summed E-state index contributed by atoms with van der Waals surface area (Å²) >= 11 is 0. The van der Waals surface area contributed by atoms with Gasteiger partial charge in [-0.05, 0) is 0 Å². The summed E-state index contributed by atoms with van der Waals surface area (Å²) in [6.45, 7) is -1.07. The monoisotopic (exact) mass is 405 g/mol. The fraction of sp³-hybridized carbons (Fsp3) is 0.917. The van der Waals surface area contributed by atoms with Crippen molar-refractivity contribution >= 4 is 13.3 Å². The van der Waals surface area contributed by atoms with Crippen LogP contribution in [0.25, 0.3) is 0 Å². The second-order valence-corrected chi connectivity index (χ2v) is 7.70. The third-order valence-corrected chi connectivity index (χ3v) is 6.10. The number of aliphatic hydroxyl groups excluding tert-OH is 10. The van der Waals surface area contributed by atoms with Gasteiger partial charge in [-0.1, -0.05) is 0 Å². The standard InChI is InChI=1S/C12H22O13P/c13-1-2(14)3(15)4(16)8(20)11(23)26(25)12(24)9(21)6(18)5(17)7(19)10(12)22/h2-10,13-22,24H,1H2/t2-,3-,4+,5-,6-,7+,8+,9-,10-,12-/m1/s1. The lowest BCUT2D eigenvalue weighted by Gasteiger charge is -2.46. The highest BCUT2D eigenvalue weighted by molar-refractivity contribution is 7.65. The van der Waals surface area contributed by atoms with Crippen molar-refractivity contribution in [2.24, 2.45) is 0 Å². The van der Waals surface area contributed by atoms with E-state index in [1.54, 1.807) is 0 Å². The van der Waals surface area contributed by atoms with E-state index < -0.39 is 80.2 Å². The molecule has 1 aliphatic carbocycles. The van der Waals surface area contributed by atoms with Crippen LogP contribution >= 0.6 is 7.80 Å². The Kier molecular flexibility index (Phi) is 7.69. The van der Waals surface area contributed by atoms with Crippen LogP contribution in [0.5, 0.6) is 0 Å². The lowest BCUT2D eigenvalue weighted by molar-refractivity contribution is -0.238. The molecule has 0 spiro atoms. The lowest BCUT2D eigenvalue weighted by Crippen LogP contribution is -2.69. The highest BCUT2D eigenvalue weighted by Gasteiger charge is 2.63. The molecule has 1 radical (unpaired) electrons. The van der Waals surface area contributed by atoms with E-state index in [1.807, 2.05) is 0 Å². The highest BCUT2D eigenvalue weighted by atomic mass is 31.1. The minimum absolute atomic E-state index is 1.07. The zero-order chi connectivity index (χ0) is 20.6. The molecule has 0 saturated heterocycles. The highest BCUT2D eigenvalue weighted by Crippen LogP contribution is 2.48. The third kappa shape index (κ3) is 3.80. The van der Waals surface area contributed by atoms with Crippen LogP contribution in [0.4, 0.5) is 0 Å². The van der Waals surface area contributed by atoms with Crippen molar-refractivity contribution in [2.75, 3.05) is 6.61 Å². The van der Waals surface area contributed by atoms with E-state index in [-0.39, 0.29) is 0 Å². The van der Waals surface area contributed by atoms with Gasteiger partial charge in [-0.3, -0.25) is 9.36 Å². The fourth-order valence-corrected chi connectivity index (χ4v) is 3.99. The summed E-state index contributed by atoms with van der Waals surface area (Å²) < 4.78 is 12.3. The van der Waals surface area contributed by atoms with Crippen LogP contribution in [-0.4, -0.2) is 129 Å². The lowest BCUT2D eigenvalue weighted by atomic mass is 9.84. The number of aliphatic hydroxyl groups is 11. The van der Waals surface area contributed by atoms with E-state index in [4.69, 9.17) is 10.2 Å². The molecule has 1 fully saturated rings. The van der Waals surface area contributed by atoms with Crippen molar-refractivity contribution in [3.63, 3.8) is 0 Å². The molecule has 0 aromatic rings. The molecule has 14 heteroatoms. The van der Waals surface area contributed by atoms with Gasteiger partial charge >= 0.3 is 0 Å². The topological polar surface area (TPSA) is 257 Å². The van der Waals surface area contributed by atoms with Gasteiger partial charge < -0.3 is 56.2 Å². The summed E-state index contributed by atoms with van der Waals surface area (Å²) in [5, 5.41) is 102. The molecular weight excluding hydrogens is 383 g/mol. The van der Waals surface area contributed by atoms with Crippen LogP contribution in [0.15, 0.2) is 0 Å². The SMILES string of the molecule is O=C([C@@H](O)[C@@H](O)[C@H](O)[C@H](O)CO)[P](=O)[C@]1(O)[C@H](O)[C@H](O)[C@@H](O)[C@H](O)[C@H]1O. The predicted molar refractivity (Wildman–Crippen MR) is 78.7 cm³/mol. The van der Waals surface area contributed by atoms with Crippen LogP contribution in [0.3, 0.4) is 0 Å². The average Bonchev–Trinajstić information content (AvgIpc) is 2.65. The number of hydrogen-bond donors (Lipinski definition) is 11. The van der Waals surface area contributed by atoms with Crippen LogP contribution in [-0.2, 0) is 9.36 Å². The Bertz CT molecular complexity index is 513. The van der Waals surface area contributed by atoms with E-state index in [0.717, 1.165) is 0 Å². The predicted octanol–water partition coefficient (Wildman–Crippen LogP) is -6.72. The zero-order valence-corrected chi connectivity index (χ0v) is 14.0. The molecule has 1 saturated carbocycles. The van der Waals surface area contributed by atoms with E-state index in [1.165, 1.54) is 0 Å². The zero-order valence-electron chi connectivity index (χ0n) is 13.1. The third-order valence-electron chi connectivity index (χ3n) is 4.25. The maximum atomic E-state index is 12.3. The Hall–Kier alpha value is -0.670. The normalized spacial score (nSPS) is 40.4. The van der Waals surface area contributed by atoms with Crippen molar-refractivity contribution in [1.29, 1.82) is 0 Å². The summed E-state index contributed by atoms with van der Waals surface area (Å²) in [7, 11) is -3.94. The van der Waals surface area contributed by atoms with Crippen LogP contribution in [0, 0.1) is 0 Å². The van der Waals surface area contributed by atoms with Gasteiger partial charge in [0, 0.05) is 0 Å². The van der Waals surface area contributed by atoms with Gasteiger partial charge in [-0.2, -0.15) is 0 Å². The summed E-state index contributed by atoms with van der Waals surface area (Å²) in [5.74, 6) is 0. The molecular formula is C12H22O13P. The Morgan fingerprint density at radius 3 is 1.69 bits per heavy atom. The molecule has 11 atom stereocenters. The molecule has 0 aliphatic heterocycles. The Balaban J connectivity index is 3.10. The van der Waals surface area contributed by atoms with Crippen LogP contribution in [0.2, 0.25) is 0 Å². The van der Waals surface area contributed by atoms with E-state index >= 15 is 0 Å². The van der Waals surface area contributed by atoms with Gasteiger partial charge in [0.05, 0.1) is 6.61 Å². The van der Waals surface area contributed by atoms with Gasteiger partial charge in [-0.15, -0.1) is 0 Å². The van der Waals surface area contributed by atoms with E-state index in [0.29, 0.717) is 0 Å². The summed E-state index contributed by atoms with van der Waals surface area (Å²) in [6.07, 6.45) is -21.4. The molecule has 1 rings (SSSR count). The molecule has 153 valence electrons. The molecule has 1 unspecified atom stereocenters. The number of carbonyl (C=O) groups excluding carboxylic acids is 1. The number of rotatable bonds is 7. The Labute approximate surface area is 146 Å². The largest absolute Gasteiger partial charge is 0.394 e. The van der Waals surface area contributed by atoms with Crippen molar-refractivity contribution in [1.82, 2.24) is 0 Å². The van der Waals surface area contributed by atoms with Crippen LogP contribution in [0.1, 0.15) is 0 Å². The summed E-state index contributed by atoms with van der Waals surface area (Å²) in [5.41, 5.74) is -1.91.